The van der Waals surface area contributed by atoms with Crippen molar-refractivity contribution in [2.45, 2.75) is 25.4 Å². The highest BCUT2D eigenvalue weighted by Gasteiger charge is 2.33. The largest absolute Gasteiger partial charge is 0.342 e. The molecular weight excluding hydrogens is 261 g/mol. The molecule has 1 aromatic rings. The molecule has 7 heteroatoms. The average molecular weight is 281 g/mol. The SMILES string of the molecule is CN(CC1NNNN1)C(=O)C(C)(C)c1ccc(F)cc1. The smallest absolute Gasteiger partial charge is 0.232 e. The molecule has 1 heterocycles. The molecule has 1 aliphatic heterocycles. The Morgan fingerprint density at radius 2 is 1.80 bits per heavy atom. The van der Waals surface area contributed by atoms with Crippen molar-refractivity contribution in [3.8, 4) is 0 Å². The van der Waals surface area contributed by atoms with Gasteiger partial charge in [0, 0.05) is 7.05 Å². The number of likely N-dealkylation sites (N-methyl/N-ethyl adjacent to an activating group) is 1. The molecular formula is C13H20FN5O. The van der Waals surface area contributed by atoms with Crippen molar-refractivity contribution in [3.05, 3.63) is 35.6 Å². The monoisotopic (exact) mass is 281 g/mol. The fraction of sp³-hybridized carbons (Fsp3) is 0.462. The number of carbonyl (C=O) groups is 1. The zero-order chi connectivity index (χ0) is 14.8. The lowest BCUT2D eigenvalue weighted by Gasteiger charge is -2.31. The third-order valence-electron chi connectivity index (χ3n) is 3.46. The number of hydrogen-bond donors (Lipinski definition) is 4. The summed E-state index contributed by atoms with van der Waals surface area (Å²) in [6.45, 7) is 4.17. The van der Waals surface area contributed by atoms with Crippen molar-refractivity contribution in [2.75, 3.05) is 13.6 Å². The molecule has 6 nitrogen and oxygen atoms in total. The molecule has 4 N–H and O–H groups in total. The fourth-order valence-electron chi connectivity index (χ4n) is 2.20. The number of rotatable bonds is 4. The molecule has 0 aromatic heterocycles. The van der Waals surface area contributed by atoms with Crippen molar-refractivity contribution >= 4 is 5.91 Å². The van der Waals surface area contributed by atoms with Gasteiger partial charge in [-0.3, -0.25) is 4.79 Å². The number of amides is 1. The fourth-order valence-corrected chi connectivity index (χ4v) is 2.20. The lowest BCUT2D eigenvalue weighted by Crippen LogP contribution is -2.49. The zero-order valence-corrected chi connectivity index (χ0v) is 11.8. The maximum atomic E-state index is 13.0. The van der Waals surface area contributed by atoms with E-state index < -0.39 is 5.41 Å². The van der Waals surface area contributed by atoms with Gasteiger partial charge in [-0.15, -0.1) is 0 Å². The summed E-state index contributed by atoms with van der Waals surface area (Å²) < 4.78 is 13.0. The van der Waals surface area contributed by atoms with Crippen LogP contribution in [0.15, 0.2) is 24.3 Å². The van der Waals surface area contributed by atoms with Crippen molar-refractivity contribution in [2.24, 2.45) is 0 Å². The van der Waals surface area contributed by atoms with E-state index in [1.165, 1.54) is 12.1 Å². The van der Waals surface area contributed by atoms with E-state index >= 15 is 0 Å². The molecule has 1 saturated heterocycles. The van der Waals surface area contributed by atoms with Crippen molar-refractivity contribution < 1.29 is 9.18 Å². The van der Waals surface area contributed by atoms with Gasteiger partial charge in [-0.1, -0.05) is 12.1 Å². The van der Waals surface area contributed by atoms with Crippen molar-refractivity contribution in [1.82, 2.24) is 26.8 Å². The Labute approximate surface area is 117 Å². The van der Waals surface area contributed by atoms with E-state index in [4.69, 9.17) is 0 Å². The van der Waals surface area contributed by atoms with Crippen LogP contribution in [0.25, 0.3) is 0 Å². The third kappa shape index (κ3) is 3.13. The van der Waals surface area contributed by atoms with Gasteiger partial charge in [0.05, 0.1) is 12.0 Å². The molecule has 0 bridgehead atoms. The van der Waals surface area contributed by atoms with Crippen molar-refractivity contribution in [3.63, 3.8) is 0 Å². The Bertz CT molecular complexity index is 470. The Morgan fingerprint density at radius 3 is 2.35 bits per heavy atom. The molecule has 20 heavy (non-hydrogen) atoms. The summed E-state index contributed by atoms with van der Waals surface area (Å²) in [6, 6.07) is 6.04. The number of hydrogen-bond acceptors (Lipinski definition) is 5. The summed E-state index contributed by atoms with van der Waals surface area (Å²) >= 11 is 0. The van der Waals surface area contributed by atoms with Crippen LogP contribution in [0, 0.1) is 5.82 Å². The highest BCUT2D eigenvalue weighted by atomic mass is 19.1. The van der Waals surface area contributed by atoms with Gasteiger partial charge in [0.25, 0.3) is 0 Å². The number of nitrogens with zero attached hydrogens (tertiary/aromatic N) is 1. The maximum absolute atomic E-state index is 13.0. The second kappa shape index (κ2) is 5.84. The van der Waals surface area contributed by atoms with Crippen LogP contribution in [0.5, 0.6) is 0 Å². The Kier molecular flexibility index (Phi) is 4.34. The highest BCUT2D eigenvalue weighted by Crippen LogP contribution is 2.25. The van der Waals surface area contributed by atoms with Gasteiger partial charge in [0.1, 0.15) is 12.0 Å². The summed E-state index contributed by atoms with van der Waals surface area (Å²) in [5, 5.41) is 0. The normalized spacial score (nSPS) is 16.4. The molecule has 1 aromatic carbocycles. The number of nitrogens with one attached hydrogen (secondary N) is 4. The van der Waals surface area contributed by atoms with Gasteiger partial charge in [-0.25, -0.2) is 15.2 Å². The van der Waals surface area contributed by atoms with Gasteiger partial charge in [0.15, 0.2) is 0 Å². The van der Waals surface area contributed by atoms with E-state index in [2.05, 4.69) is 21.9 Å². The van der Waals surface area contributed by atoms with Gasteiger partial charge >= 0.3 is 0 Å². The molecule has 0 saturated carbocycles. The van der Waals surface area contributed by atoms with Crippen LogP contribution in [0.2, 0.25) is 0 Å². The van der Waals surface area contributed by atoms with Crippen LogP contribution in [-0.2, 0) is 10.2 Å². The highest BCUT2D eigenvalue weighted by molar-refractivity contribution is 5.87. The quantitative estimate of drug-likeness (QED) is 0.626. The van der Waals surface area contributed by atoms with E-state index in [9.17, 15) is 9.18 Å². The predicted molar refractivity (Wildman–Crippen MR) is 73.4 cm³/mol. The topological polar surface area (TPSA) is 68.4 Å². The summed E-state index contributed by atoms with van der Waals surface area (Å²) in [6.07, 6.45) is -0.0760. The molecule has 2 rings (SSSR count). The van der Waals surface area contributed by atoms with Crippen LogP contribution in [0.4, 0.5) is 4.39 Å². The Hall–Kier alpha value is -1.54. The summed E-state index contributed by atoms with van der Waals surface area (Å²) in [5.74, 6) is -0.332. The van der Waals surface area contributed by atoms with Crippen LogP contribution in [0.3, 0.4) is 0 Å². The molecule has 0 aliphatic carbocycles. The van der Waals surface area contributed by atoms with Gasteiger partial charge < -0.3 is 4.90 Å². The standard InChI is InChI=1S/C13H20FN5O/c1-13(2,9-4-6-10(14)7-5-9)12(20)19(3)8-11-15-17-18-16-11/h4-7,11,15-18H,8H2,1-3H3. The van der Waals surface area contributed by atoms with E-state index in [-0.39, 0.29) is 17.9 Å². The van der Waals surface area contributed by atoms with Crippen LogP contribution >= 0.6 is 0 Å². The van der Waals surface area contributed by atoms with Crippen LogP contribution in [-0.4, -0.2) is 30.6 Å². The van der Waals surface area contributed by atoms with E-state index in [0.717, 1.165) is 5.56 Å². The van der Waals surface area contributed by atoms with E-state index in [1.807, 2.05) is 13.8 Å². The minimum Gasteiger partial charge on any atom is -0.342 e. The van der Waals surface area contributed by atoms with Gasteiger partial charge in [-0.2, -0.15) is 11.1 Å². The molecule has 0 atom stereocenters. The molecule has 1 fully saturated rings. The molecule has 1 aliphatic rings. The first kappa shape index (κ1) is 14.9. The van der Waals surface area contributed by atoms with E-state index in [0.29, 0.717) is 6.54 Å². The maximum Gasteiger partial charge on any atom is 0.232 e. The number of hydrazine groups is 3. The van der Waals surface area contributed by atoms with Gasteiger partial charge in [0.2, 0.25) is 5.91 Å². The summed E-state index contributed by atoms with van der Waals surface area (Å²) in [5.41, 5.74) is 11.3. The summed E-state index contributed by atoms with van der Waals surface area (Å²) in [7, 11) is 1.75. The molecule has 0 spiro atoms. The predicted octanol–water partition coefficient (Wildman–Crippen LogP) is 0.00480. The van der Waals surface area contributed by atoms with Crippen LogP contribution < -0.4 is 21.9 Å². The van der Waals surface area contributed by atoms with Crippen molar-refractivity contribution in [1.29, 1.82) is 0 Å². The number of carbonyl (C=O) groups excluding carboxylic acids is 1. The van der Waals surface area contributed by atoms with Gasteiger partial charge in [-0.05, 0) is 31.5 Å². The first-order valence-electron chi connectivity index (χ1n) is 6.44. The first-order chi connectivity index (χ1) is 9.41. The lowest BCUT2D eigenvalue weighted by molar-refractivity contribution is -0.135. The lowest BCUT2D eigenvalue weighted by atomic mass is 9.83. The van der Waals surface area contributed by atoms with E-state index in [1.54, 1.807) is 24.1 Å². The number of halogens is 1. The minimum atomic E-state index is -0.706. The second-order valence-corrected chi connectivity index (χ2v) is 5.41. The molecule has 1 amide bonds. The average Bonchev–Trinajstić information content (AvgIpc) is 2.91. The second-order valence-electron chi connectivity index (χ2n) is 5.41. The Balaban J connectivity index is 2.07. The first-order valence-corrected chi connectivity index (χ1v) is 6.44. The Morgan fingerprint density at radius 1 is 1.25 bits per heavy atom. The summed E-state index contributed by atoms with van der Waals surface area (Å²) in [4.78, 5) is 14.2. The molecule has 0 unspecified atom stereocenters. The number of benzene rings is 1. The molecule has 0 radical (unpaired) electrons. The third-order valence-corrected chi connectivity index (χ3v) is 3.46. The zero-order valence-electron chi connectivity index (χ0n) is 11.8. The molecule has 110 valence electrons. The van der Waals surface area contributed by atoms with Crippen LogP contribution in [0.1, 0.15) is 19.4 Å². The minimum absolute atomic E-state index is 0.0281.